The average Bonchev–Trinajstić information content (AvgIpc) is 3.16. The number of aromatic nitrogens is 1. The summed E-state index contributed by atoms with van der Waals surface area (Å²) in [7, 11) is -3.49. The van der Waals surface area contributed by atoms with E-state index in [-0.39, 0.29) is 4.90 Å². The molecule has 0 radical (unpaired) electrons. The van der Waals surface area contributed by atoms with E-state index in [9.17, 15) is 8.42 Å². The van der Waals surface area contributed by atoms with E-state index in [2.05, 4.69) is 39.5 Å². The number of pyridine rings is 1. The molecule has 4 rings (SSSR count). The lowest BCUT2D eigenvalue weighted by Gasteiger charge is -2.26. The molecule has 8 heteroatoms. The Bertz CT molecular complexity index is 868. The van der Waals surface area contributed by atoms with Crippen LogP contribution in [-0.4, -0.2) is 68.0 Å². The Labute approximate surface area is 166 Å². The molecule has 1 N–H and O–H groups in total. The molecule has 0 saturated carbocycles. The first-order valence-electron chi connectivity index (χ1n) is 9.68. The van der Waals surface area contributed by atoms with Crippen LogP contribution in [0.25, 0.3) is 0 Å². The van der Waals surface area contributed by atoms with Crippen molar-refractivity contribution in [2.24, 2.45) is 0 Å². The number of ether oxygens (including phenoxy) is 1. The number of benzene rings is 1. The molecule has 0 bridgehead atoms. The van der Waals surface area contributed by atoms with Gasteiger partial charge in [-0.25, -0.2) is 13.4 Å². The maximum Gasteiger partial charge on any atom is 0.244 e. The van der Waals surface area contributed by atoms with Gasteiger partial charge in [0.15, 0.2) is 0 Å². The summed E-state index contributed by atoms with van der Waals surface area (Å²) in [5.74, 6) is 0.715. The fourth-order valence-corrected chi connectivity index (χ4v) is 5.05. The van der Waals surface area contributed by atoms with E-state index < -0.39 is 10.0 Å². The number of anilines is 1. The highest BCUT2D eigenvalue weighted by Crippen LogP contribution is 2.20. The molecule has 0 aliphatic carbocycles. The third-order valence-corrected chi connectivity index (χ3v) is 7.10. The predicted molar refractivity (Wildman–Crippen MR) is 108 cm³/mol. The Morgan fingerprint density at radius 1 is 1.07 bits per heavy atom. The molecular weight excluding hydrogens is 376 g/mol. The van der Waals surface area contributed by atoms with Crippen LogP contribution in [0, 0.1) is 0 Å². The molecule has 1 aromatic heterocycles. The smallest absolute Gasteiger partial charge is 0.244 e. The van der Waals surface area contributed by atoms with Crippen LogP contribution in [0.1, 0.15) is 12.0 Å². The van der Waals surface area contributed by atoms with Crippen LogP contribution >= 0.6 is 0 Å². The van der Waals surface area contributed by atoms with Crippen molar-refractivity contribution >= 4 is 15.8 Å². The molecule has 2 aromatic rings. The number of likely N-dealkylation sites (tertiary alicyclic amines) is 1. The number of morpholine rings is 1. The van der Waals surface area contributed by atoms with Gasteiger partial charge in [0.05, 0.1) is 13.2 Å². The summed E-state index contributed by atoms with van der Waals surface area (Å²) in [5.41, 5.74) is 1.32. The zero-order valence-electron chi connectivity index (χ0n) is 15.8. The SMILES string of the molecule is O=S(=O)(c1ccc(N[C@@H]2CCN(Cc3ccccc3)C2)nc1)N1CCOCC1. The van der Waals surface area contributed by atoms with Crippen molar-refractivity contribution in [3.63, 3.8) is 0 Å². The first-order chi connectivity index (χ1) is 13.6. The molecule has 28 heavy (non-hydrogen) atoms. The fourth-order valence-electron chi connectivity index (χ4n) is 3.70. The summed E-state index contributed by atoms with van der Waals surface area (Å²) >= 11 is 0. The van der Waals surface area contributed by atoms with Gasteiger partial charge in [-0.2, -0.15) is 4.31 Å². The van der Waals surface area contributed by atoms with Crippen LogP contribution in [0.2, 0.25) is 0 Å². The number of hydrogen-bond acceptors (Lipinski definition) is 6. The van der Waals surface area contributed by atoms with Gasteiger partial charge in [0.25, 0.3) is 0 Å². The van der Waals surface area contributed by atoms with Gasteiger partial charge in [0, 0.05) is 45.0 Å². The van der Waals surface area contributed by atoms with Crippen molar-refractivity contribution < 1.29 is 13.2 Å². The van der Waals surface area contributed by atoms with Crippen molar-refractivity contribution in [3.05, 3.63) is 54.2 Å². The summed E-state index contributed by atoms with van der Waals surface area (Å²) in [4.78, 5) is 7.00. The van der Waals surface area contributed by atoms with Crippen LogP contribution in [0.5, 0.6) is 0 Å². The molecular formula is C20H26N4O3S. The van der Waals surface area contributed by atoms with Crippen LogP contribution in [-0.2, 0) is 21.3 Å². The molecule has 2 fully saturated rings. The second-order valence-electron chi connectivity index (χ2n) is 7.25. The maximum absolute atomic E-state index is 12.7. The summed E-state index contributed by atoms with van der Waals surface area (Å²) in [6.45, 7) is 4.59. The van der Waals surface area contributed by atoms with E-state index in [1.165, 1.54) is 16.1 Å². The standard InChI is InChI=1S/C20H26N4O3S/c25-28(26,24-10-12-27-13-11-24)19-6-7-20(21-14-19)22-18-8-9-23(16-18)15-17-4-2-1-3-5-17/h1-7,14,18H,8-13,15-16H2,(H,21,22)/t18-/m1/s1. The maximum atomic E-state index is 12.7. The second-order valence-corrected chi connectivity index (χ2v) is 9.18. The lowest BCUT2D eigenvalue weighted by atomic mass is 10.2. The fraction of sp³-hybridized carbons (Fsp3) is 0.450. The molecule has 3 heterocycles. The topological polar surface area (TPSA) is 74.8 Å². The van der Waals surface area contributed by atoms with Crippen molar-refractivity contribution in [1.82, 2.24) is 14.2 Å². The lowest BCUT2D eigenvalue weighted by Crippen LogP contribution is -2.40. The van der Waals surface area contributed by atoms with E-state index in [1.54, 1.807) is 12.1 Å². The zero-order valence-corrected chi connectivity index (χ0v) is 16.6. The first-order valence-corrected chi connectivity index (χ1v) is 11.1. The number of nitrogens with one attached hydrogen (secondary N) is 1. The van der Waals surface area contributed by atoms with E-state index >= 15 is 0 Å². The number of nitrogens with zero attached hydrogens (tertiary/aromatic N) is 3. The molecule has 7 nitrogen and oxygen atoms in total. The molecule has 150 valence electrons. The molecule has 0 amide bonds. The largest absolute Gasteiger partial charge is 0.379 e. The van der Waals surface area contributed by atoms with Crippen LogP contribution in [0.3, 0.4) is 0 Å². The zero-order chi connectivity index (χ0) is 19.4. The quantitative estimate of drug-likeness (QED) is 0.794. The third-order valence-electron chi connectivity index (χ3n) is 5.22. The van der Waals surface area contributed by atoms with Gasteiger partial charge in [0.2, 0.25) is 10.0 Å². The minimum absolute atomic E-state index is 0.233. The molecule has 2 aliphatic heterocycles. The highest BCUT2D eigenvalue weighted by Gasteiger charge is 2.27. The molecule has 0 unspecified atom stereocenters. The van der Waals surface area contributed by atoms with E-state index in [1.807, 2.05) is 6.07 Å². The van der Waals surface area contributed by atoms with Crippen LogP contribution in [0.15, 0.2) is 53.6 Å². The summed E-state index contributed by atoms with van der Waals surface area (Å²) in [6, 6.07) is 14.2. The molecule has 1 aromatic carbocycles. The van der Waals surface area contributed by atoms with Crippen LogP contribution < -0.4 is 5.32 Å². The van der Waals surface area contributed by atoms with Crippen molar-refractivity contribution in [2.75, 3.05) is 44.7 Å². The average molecular weight is 403 g/mol. The first kappa shape index (κ1) is 19.3. The number of rotatable bonds is 6. The monoisotopic (exact) mass is 402 g/mol. The Balaban J connectivity index is 1.33. The van der Waals surface area contributed by atoms with Crippen molar-refractivity contribution in [2.45, 2.75) is 23.9 Å². The predicted octanol–water partition coefficient (Wildman–Crippen LogP) is 1.79. The van der Waals surface area contributed by atoms with Gasteiger partial charge in [0.1, 0.15) is 10.7 Å². The third kappa shape index (κ3) is 4.52. The summed E-state index contributed by atoms with van der Waals surface area (Å²) < 4.78 is 32.0. The van der Waals surface area contributed by atoms with Gasteiger partial charge in [-0.05, 0) is 24.1 Å². The van der Waals surface area contributed by atoms with Gasteiger partial charge < -0.3 is 10.1 Å². The Morgan fingerprint density at radius 2 is 1.86 bits per heavy atom. The Hall–Kier alpha value is -2.00. The molecule has 2 saturated heterocycles. The minimum atomic E-state index is -3.49. The highest BCUT2D eigenvalue weighted by atomic mass is 32.2. The van der Waals surface area contributed by atoms with Gasteiger partial charge in [-0.15, -0.1) is 0 Å². The second kappa shape index (κ2) is 8.57. The van der Waals surface area contributed by atoms with Crippen LogP contribution in [0.4, 0.5) is 5.82 Å². The molecule has 1 atom stereocenters. The normalized spacial score (nSPS) is 21.6. The van der Waals surface area contributed by atoms with Crippen molar-refractivity contribution in [1.29, 1.82) is 0 Å². The van der Waals surface area contributed by atoms with E-state index in [0.29, 0.717) is 38.2 Å². The lowest BCUT2D eigenvalue weighted by molar-refractivity contribution is 0.0730. The Morgan fingerprint density at radius 3 is 2.57 bits per heavy atom. The van der Waals surface area contributed by atoms with E-state index in [4.69, 9.17) is 4.74 Å². The molecule has 0 spiro atoms. The van der Waals surface area contributed by atoms with Gasteiger partial charge in [-0.1, -0.05) is 30.3 Å². The van der Waals surface area contributed by atoms with E-state index in [0.717, 1.165) is 26.1 Å². The summed E-state index contributed by atoms with van der Waals surface area (Å²) in [5, 5.41) is 3.43. The Kier molecular flexibility index (Phi) is 5.91. The highest BCUT2D eigenvalue weighted by molar-refractivity contribution is 7.89. The minimum Gasteiger partial charge on any atom is -0.379 e. The number of hydrogen-bond donors (Lipinski definition) is 1. The van der Waals surface area contributed by atoms with Gasteiger partial charge in [-0.3, -0.25) is 4.90 Å². The summed E-state index contributed by atoms with van der Waals surface area (Å²) in [6.07, 6.45) is 2.49. The van der Waals surface area contributed by atoms with Gasteiger partial charge >= 0.3 is 0 Å². The van der Waals surface area contributed by atoms with Crippen molar-refractivity contribution in [3.8, 4) is 0 Å². The molecule has 2 aliphatic rings. The number of sulfonamides is 1.